The van der Waals surface area contributed by atoms with E-state index in [1.165, 1.54) is 31.7 Å². The molecule has 1 aliphatic rings. The van der Waals surface area contributed by atoms with Crippen molar-refractivity contribution < 1.29 is 9.47 Å². The van der Waals surface area contributed by atoms with Crippen molar-refractivity contribution >= 4 is 8.80 Å². The fourth-order valence-corrected chi connectivity index (χ4v) is 4.53. The molecule has 0 saturated carbocycles. The van der Waals surface area contributed by atoms with Gasteiger partial charge in [0.25, 0.3) is 0 Å². The van der Waals surface area contributed by atoms with Crippen LogP contribution in [0.5, 0.6) is 0 Å². The van der Waals surface area contributed by atoms with Gasteiger partial charge in [-0.25, -0.2) is 0 Å². The zero-order chi connectivity index (χ0) is 10.9. The third-order valence-corrected chi connectivity index (χ3v) is 6.15. The van der Waals surface area contributed by atoms with E-state index in [1.807, 2.05) is 6.08 Å². The van der Waals surface area contributed by atoms with E-state index in [-0.39, 0.29) is 0 Å². The molecule has 0 aromatic carbocycles. The lowest BCUT2D eigenvalue weighted by Crippen LogP contribution is -2.33. The van der Waals surface area contributed by atoms with Crippen molar-refractivity contribution in [1.82, 2.24) is 0 Å². The quantitative estimate of drug-likeness (QED) is 0.379. The Balaban J connectivity index is 2.01. The highest BCUT2D eigenvalue weighted by atomic mass is 28.3. The Hall–Kier alpha value is -0.123. The van der Waals surface area contributed by atoms with E-state index in [0.717, 1.165) is 13.2 Å². The summed E-state index contributed by atoms with van der Waals surface area (Å²) >= 11 is 0. The molecule has 1 heterocycles. The molecule has 2 unspecified atom stereocenters. The molecule has 1 fully saturated rings. The Labute approximate surface area is 95.3 Å². The van der Waals surface area contributed by atoms with Gasteiger partial charge in [-0.1, -0.05) is 18.7 Å². The van der Waals surface area contributed by atoms with E-state index in [2.05, 4.69) is 13.1 Å². The van der Waals surface area contributed by atoms with Gasteiger partial charge in [-0.15, -0.1) is 6.58 Å². The van der Waals surface area contributed by atoms with Gasteiger partial charge < -0.3 is 9.47 Å². The van der Waals surface area contributed by atoms with Crippen LogP contribution < -0.4 is 0 Å². The normalized spacial score (nSPS) is 23.7. The summed E-state index contributed by atoms with van der Waals surface area (Å²) in [7, 11) is -0.663. The Morgan fingerprint density at radius 3 is 3.07 bits per heavy atom. The van der Waals surface area contributed by atoms with E-state index >= 15 is 0 Å². The number of rotatable bonds is 7. The molecule has 0 aromatic rings. The summed E-state index contributed by atoms with van der Waals surface area (Å²) in [6.45, 7) is 8.63. The molecule has 0 bridgehead atoms. The largest absolute Gasteiger partial charge is 0.382 e. The van der Waals surface area contributed by atoms with Crippen LogP contribution in [0.3, 0.4) is 0 Å². The van der Waals surface area contributed by atoms with Gasteiger partial charge in [0.2, 0.25) is 0 Å². The number of hydrogen-bond donors (Lipinski definition) is 0. The summed E-state index contributed by atoms with van der Waals surface area (Å²) < 4.78 is 11.2. The van der Waals surface area contributed by atoms with Crippen molar-refractivity contribution in [2.45, 2.75) is 44.0 Å². The van der Waals surface area contributed by atoms with Crippen molar-refractivity contribution in [3.05, 3.63) is 12.7 Å². The highest BCUT2D eigenvalue weighted by molar-refractivity contribution is 6.58. The Bertz CT molecular complexity index is 167. The first-order valence-corrected chi connectivity index (χ1v) is 8.78. The van der Waals surface area contributed by atoms with Crippen LogP contribution in [0.4, 0.5) is 0 Å². The monoisotopic (exact) mass is 228 g/mol. The maximum Gasteiger partial charge on any atom is 0.0687 e. The van der Waals surface area contributed by atoms with Crippen molar-refractivity contribution in [1.29, 1.82) is 0 Å². The van der Waals surface area contributed by atoms with E-state index in [1.54, 1.807) is 0 Å². The minimum atomic E-state index is -0.663. The summed E-state index contributed by atoms with van der Waals surface area (Å²) in [4.78, 5) is 0. The first-order chi connectivity index (χ1) is 7.34. The molecule has 1 rings (SSSR count). The number of ether oxygens (including phenoxy) is 2. The third kappa shape index (κ3) is 5.49. The van der Waals surface area contributed by atoms with E-state index < -0.39 is 8.80 Å². The lowest BCUT2D eigenvalue weighted by Gasteiger charge is -2.27. The summed E-state index contributed by atoms with van der Waals surface area (Å²) in [6.07, 6.45) is 6.95. The minimum Gasteiger partial charge on any atom is -0.382 e. The van der Waals surface area contributed by atoms with Crippen LogP contribution in [-0.2, 0) is 9.47 Å². The van der Waals surface area contributed by atoms with Gasteiger partial charge in [0, 0.05) is 18.9 Å². The molecule has 0 amide bonds. The van der Waals surface area contributed by atoms with Crippen LogP contribution in [0.1, 0.15) is 25.7 Å². The summed E-state index contributed by atoms with van der Waals surface area (Å²) in [5, 5.41) is 0. The van der Waals surface area contributed by atoms with Crippen LogP contribution in [0, 0.1) is 0 Å². The fraction of sp³-hybridized carbons (Fsp3) is 0.833. The molecule has 2 nitrogen and oxygen atoms in total. The molecule has 1 aliphatic heterocycles. The molecule has 0 aliphatic carbocycles. The number of hydrogen-bond acceptors (Lipinski definition) is 2. The molecule has 0 radical (unpaired) electrons. The summed E-state index contributed by atoms with van der Waals surface area (Å²) in [6, 6.07) is 1.35. The third-order valence-electron chi connectivity index (χ3n) is 3.03. The molecule has 88 valence electrons. The van der Waals surface area contributed by atoms with Crippen LogP contribution >= 0.6 is 0 Å². The first kappa shape index (κ1) is 12.9. The Kier molecular flexibility index (Phi) is 6.97. The lowest BCUT2D eigenvalue weighted by molar-refractivity contribution is 0.0623. The highest BCUT2D eigenvalue weighted by Crippen LogP contribution is 2.17. The SMILES string of the molecule is C=CCOCCC[SiH](C)C1CCCCO1. The van der Waals surface area contributed by atoms with Crippen LogP contribution in [0.25, 0.3) is 0 Å². The predicted octanol–water partition coefficient (Wildman–Crippen LogP) is 2.54. The van der Waals surface area contributed by atoms with Gasteiger partial charge in [-0.05, 0) is 25.7 Å². The van der Waals surface area contributed by atoms with Crippen LogP contribution in [0.2, 0.25) is 12.6 Å². The first-order valence-electron chi connectivity index (χ1n) is 6.15. The van der Waals surface area contributed by atoms with Crippen molar-refractivity contribution in [3.8, 4) is 0 Å². The maximum absolute atomic E-state index is 5.82. The predicted molar refractivity (Wildman–Crippen MR) is 67.0 cm³/mol. The molecule has 2 atom stereocenters. The molecule has 0 aromatic heterocycles. The van der Waals surface area contributed by atoms with Crippen molar-refractivity contribution in [2.75, 3.05) is 19.8 Å². The van der Waals surface area contributed by atoms with Gasteiger partial charge in [0.1, 0.15) is 0 Å². The topological polar surface area (TPSA) is 18.5 Å². The molecule has 15 heavy (non-hydrogen) atoms. The standard InChI is InChI=1S/C12H24O2Si/c1-3-8-13-9-6-11-15(2)12-7-4-5-10-14-12/h3,12,15H,1,4-11H2,2H3. The maximum atomic E-state index is 5.82. The van der Waals surface area contributed by atoms with E-state index in [0.29, 0.717) is 12.3 Å². The molecular formula is C12H24O2Si. The van der Waals surface area contributed by atoms with Crippen molar-refractivity contribution in [2.24, 2.45) is 0 Å². The zero-order valence-electron chi connectivity index (χ0n) is 9.91. The van der Waals surface area contributed by atoms with E-state index in [4.69, 9.17) is 9.47 Å². The summed E-state index contributed by atoms with van der Waals surface area (Å²) in [5.41, 5.74) is 0.637. The van der Waals surface area contributed by atoms with Gasteiger partial charge in [-0.3, -0.25) is 0 Å². The second-order valence-electron chi connectivity index (χ2n) is 4.39. The molecular weight excluding hydrogens is 204 g/mol. The summed E-state index contributed by atoms with van der Waals surface area (Å²) in [5.74, 6) is 0. The van der Waals surface area contributed by atoms with Gasteiger partial charge >= 0.3 is 0 Å². The average Bonchev–Trinajstić information content (AvgIpc) is 2.30. The zero-order valence-corrected chi connectivity index (χ0v) is 11.1. The second-order valence-corrected chi connectivity index (χ2v) is 7.66. The Morgan fingerprint density at radius 1 is 1.53 bits per heavy atom. The van der Waals surface area contributed by atoms with Crippen LogP contribution in [-0.4, -0.2) is 34.3 Å². The molecule has 0 spiro atoms. The second kappa shape index (κ2) is 8.08. The molecule has 1 saturated heterocycles. The Morgan fingerprint density at radius 2 is 2.40 bits per heavy atom. The van der Waals surface area contributed by atoms with Gasteiger partial charge in [0.15, 0.2) is 0 Å². The highest BCUT2D eigenvalue weighted by Gasteiger charge is 2.21. The van der Waals surface area contributed by atoms with E-state index in [9.17, 15) is 0 Å². The van der Waals surface area contributed by atoms with Crippen molar-refractivity contribution in [3.63, 3.8) is 0 Å². The lowest BCUT2D eigenvalue weighted by atomic mass is 10.2. The molecule has 3 heteroatoms. The van der Waals surface area contributed by atoms with Gasteiger partial charge in [0.05, 0.1) is 15.4 Å². The average molecular weight is 228 g/mol. The van der Waals surface area contributed by atoms with Crippen LogP contribution in [0.15, 0.2) is 12.7 Å². The van der Waals surface area contributed by atoms with Gasteiger partial charge in [-0.2, -0.15) is 0 Å². The minimum absolute atomic E-state index is 0.637. The fourth-order valence-electron chi connectivity index (χ4n) is 2.07. The smallest absolute Gasteiger partial charge is 0.0687 e. The molecule has 0 N–H and O–H groups in total.